The molecule has 6 heteroatoms. The fourth-order valence-corrected chi connectivity index (χ4v) is 5.61. The van der Waals surface area contributed by atoms with Gasteiger partial charge in [0.2, 0.25) is 0 Å². The third kappa shape index (κ3) is 4.60. The maximum atomic E-state index is 5.33. The van der Waals surface area contributed by atoms with E-state index in [9.17, 15) is 0 Å². The van der Waals surface area contributed by atoms with Crippen LogP contribution >= 0.6 is 11.8 Å². The number of aromatic nitrogens is 3. The van der Waals surface area contributed by atoms with E-state index in [-0.39, 0.29) is 0 Å². The molecule has 1 N–H and O–H groups in total. The van der Waals surface area contributed by atoms with Gasteiger partial charge in [0.25, 0.3) is 0 Å². The van der Waals surface area contributed by atoms with Crippen LogP contribution in [0.15, 0.2) is 29.4 Å². The molecule has 2 aromatic rings. The molecule has 0 spiro atoms. The van der Waals surface area contributed by atoms with Crippen LogP contribution in [0.2, 0.25) is 0 Å². The second-order valence-electron chi connectivity index (χ2n) is 7.67. The average molecular weight is 387 g/mol. The van der Waals surface area contributed by atoms with E-state index >= 15 is 0 Å². The van der Waals surface area contributed by atoms with Crippen LogP contribution in [0.5, 0.6) is 5.75 Å². The molecule has 0 saturated heterocycles. The first kappa shape index (κ1) is 18.7. The molecule has 1 aromatic heterocycles. The van der Waals surface area contributed by atoms with Crippen LogP contribution in [0.4, 0.5) is 5.69 Å². The van der Waals surface area contributed by atoms with E-state index in [0.717, 1.165) is 27.7 Å². The maximum Gasteiger partial charge on any atom is 0.191 e. The number of benzene rings is 1. The molecule has 0 atom stereocenters. The number of hydrogen-bond donors (Lipinski definition) is 1. The lowest BCUT2D eigenvalue weighted by atomic mass is 9.95. The second kappa shape index (κ2) is 9.00. The lowest BCUT2D eigenvalue weighted by Gasteiger charge is -2.26. The molecule has 1 heterocycles. The van der Waals surface area contributed by atoms with Gasteiger partial charge in [-0.2, -0.15) is 0 Å². The van der Waals surface area contributed by atoms with Gasteiger partial charge in [-0.15, -0.1) is 10.2 Å². The zero-order chi connectivity index (χ0) is 18.5. The Morgan fingerprint density at radius 2 is 1.85 bits per heavy atom. The number of ether oxygens (including phenoxy) is 1. The Hall–Kier alpha value is -1.69. The topological polar surface area (TPSA) is 52.0 Å². The first-order chi connectivity index (χ1) is 13.3. The molecule has 5 nitrogen and oxygen atoms in total. The lowest BCUT2D eigenvalue weighted by molar-refractivity contribution is 0.330. The van der Waals surface area contributed by atoms with Crippen molar-refractivity contribution in [2.24, 2.45) is 0 Å². The van der Waals surface area contributed by atoms with Gasteiger partial charge >= 0.3 is 0 Å². The SMILES string of the molecule is COc1cccc(NCc2nnc(SC3CCCC3)n2C2CCCCC2)c1. The number of hydrogen-bond acceptors (Lipinski definition) is 5. The molecule has 0 amide bonds. The third-order valence-corrected chi connectivity index (χ3v) is 7.06. The van der Waals surface area contributed by atoms with Crippen molar-refractivity contribution in [3.05, 3.63) is 30.1 Å². The number of methoxy groups -OCH3 is 1. The standard InChI is InChI=1S/C21H30N4OS/c1-26-18-11-7-8-16(14-18)22-15-20-23-24-21(27-19-12-5-6-13-19)25(20)17-9-3-2-4-10-17/h7-8,11,14,17,19,22H,2-6,9-10,12-13,15H2,1H3. The minimum absolute atomic E-state index is 0.555. The molecule has 27 heavy (non-hydrogen) atoms. The van der Waals surface area contributed by atoms with E-state index in [4.69, 9.17) is 4.74 Å². The highest BCUT2D eigenvalue weighted by atomic mass is 32.2. The van der Waals surface area contributed by atoms with E-state index in [1.165, 1.54) is 57.8 Å². The predicted octanol–water partition coefficient (Wildman–Crippen LogP) is 5.44. The number of thioether (sulfide) groups is 1. The number of anilines is 1. The van der Waals surface area contributed by atoms with Crippen LogP contribution in [-0.2, 0) is 6.54 Å². The lowest BCUT2D eigenvalue weighted by Crippen LogP contribution is -2.18. The highest BCUT2D eigenvalue weighted by Crippen LogP contribution is 2.38. The maximum absolute atomic E-state index is 5.33. The summed E-state index contributed by atoms with van der Waals surface area (Å²) in [5.74, 6) is 1.93. The van der Waals surface area contributed by atoms with Crippen molar-refractivity contribution < 1.29 is 4.74 Å². The van der Waals surface area contributed by atoms with Crippen molar-refractivity contribution in [1.82, 2.24) is 14.8 Å². The van der Waals surface area contributed by atoms with Gasteiger partial charge < -0.3 is 14.6 Å². The molecule has 2 aliphatic carbocycles. The Bertz CT molecular complexity index is 736. The summed E-state index contributed by atoms with van der Waals surface area (Å²) in [5, 5.41) is 14.6. The Morgan fingerprint density at radius 1 is 1.07 bits per heavy atom. The van der Waals surface area contributed by atoms with E-state index in [0.29, 0.717) is 12.6 Å². The molecule has 0 radical (unpaired) electrons. The molecule has 2 fully saturated rings. The highest BCUT2D eigenvalue weighted by molar-refractivity contribution is 7.99. The van der Waals surface area contributed by atoms with Gasteiger partial charge in [0.15, 0.2) is 11.0 Å². The average Bonchev–Trinajstić information content (AvgIpc) is 3.37. The fraction of sp³-hybridized carbons (Fsp3) is 0.619. The molecule has 146 valence electrons. The molecular weight excluding hydrogens is 356 g/mol. The summed E-state index contributed by atoms with van der Waals surface area (Å²) in [4.78, 5) is 0. The summed E-state index contributed by atoms with van der Waals surface area (Å²) < 4.78 is 7.78. The van der Waals surface area contributed by atoms with E-state index < -0.39 is 0 Å². The van der Waals surface area contributed by atoms with Gasteiger partial charge in [0, 0.05) is 23.0 Å². The van der Waals surface area contributed by atoms with Crippen molar-refractivity contribution in [1.29, 1.82) is 0 Å². The molecular formula is C21H30N4OS. The molecule has 2 saturated carbocycles. The molecule has 0 unspecified atom stereocenters. The highest BCUT2D eigenvalue weighted by Gasteiger charge is 2.26. The summed E-state index contributed by atoms with van der Waals surface area (Å²) >= 11 is 1.96. The number of nitrogens with one attached hydrogen (secondary N) is 1. The van der Waals surface area contributed by atoms with Crippen LogP contribution in [0.3, 0.4) is 0 Å². The van der Waals surface area contributed by atoms with Crippen molar-refractivity contribution in [2.75, 3.05) is 12.4 Å². The van der Waals surface area contributed by atoms with Gasteiger partial charge in [-0.1, -0.05) is 49.9 Å². The fourth-order valence-electron chi connectivity index (χ4n) is 4.28. The Morgan fingerprint density at radius 3 is 2.63 bits per heavy atom. The van der Waals surface area contributed by atoms with Crippen LogP contribution < -0.4 is 10.1 Å². The van der Waals surface area contributed by atoms with Crippen LogP contribution in [0, 0.1) is 0 Å². The monoisotopic (exact) mass is 386 g/mol. The van der Waals surface area contributed by atoms with Crippen molar-refractivity contribution in [2.45, 2.75) is 80.8 Å². The summed E-state index contributed by atoms with van der Waals surface area (Å²) in [6.45, 7) is 0.696. The van der Waals surface area contributed by atoms with Crippen molar-refractivity contribution in [3.63, 3.8) is 0 Å². The molecule has 0 bridgehead atoms. The minimum atomic E-state index is 0.555. The van der Waals surface area contributed by atoms with Gasteiger partial charge in [0.05, 0.1) is 13.7 Å². The number of rotatable bonds is 7. The van der Waals surface area contributed by atoms with Gasteiger partial charge in [-0.05, 0) is 37.8 Å². The van der Waals surface area contributed by atoms with Crippen LogP contribution in [0.25, 0.3) is 0 Å². The predicted molar refractivity (Wildman–Crippen MR) is 111 cm³/mol. The second-order valence-corrected chi connectivity index (χ2v) is 8.94. The Balaban J connectivity index is 1.52. The summed E-state index contributed by atoms with van der Waals surface area (Å²) in [6, 6.07) is 8.62. The van der Waals surface area contributed by atoms with Crippen molar-refractivity contribution in [3.8, 4) is 5.75 Å². The van der Waals surface area contributed by atoms with E-state index in [2.05, 4.69) is 26.1 Å². The summed E-state index contributed by atoms with van der Waals surface area (Å²) in [7, 11) is 1.70. The zero-order valence-electron chi connectivity index (χ0n) is 16.2. The van der Waals surface area contributed by atoms with Gasteiger partial charge in [-0.25, -0.2) is 0 Å². The Labute approximate surface area is 166 Å². The van der Waals surface area contributed by atoms with Gasteiger partial charge in [0.1, 0.15) is 5.75 Å². The number of nitrogens with zero attached hydrogens (tertiary/aromatic N) is 3. The first-order valence-electron chi connectivity index (χ1n) is 10.3. The molecule has 0 aliphatic heterocycles. The zero-order valence-corrected chi connectivity index (χ0v) is 17.0. The Kier molecular flexibility index (Phi) is 6.22. The smallest absolute Gasteiger partial charge is 0.191 e. The first-order valence-corrected chi connectivity index (χ1v) is 11.2. The van der Waals surface area contributed by atoms with Gasteiger partial charge in [-0.3, -0.25) is 0 Å². The summed E-state index contributed by atoms with van der Waals surface area (Å²) in [6.07, 6.45) is 11.9. The van der Waals surface area contributed by atoms with E-state index in [1.54, 1.807) is 7.11 Å². The third-order valence-electron chi connectivity index (χ3n) is 5.77. The quantitative estimate of drug-likeness (QED) is 0.687. The minimum Gasteiger partial charge on any atom is -0.497 e. The molecule has 1 aromatic carbocycles. The van der Waals surface area contributed by atoms with E-state index in [1.807, 2.05) is 30.0 Å². The largest absolute Gasteiger partial charge is 0.497 e. The molecule has 2 aliphatic rings. The van der Waals surface area contributed by atoms with Crippen molar-refractivity contribution >= 4 is 17.4 Å². The normalized spacial score (nSPS) is 18.7. The summed E-state index contributed by atoms with van der Waals surface area (Å²) in [5.41, 5.74) is 1.05. The van der Waals surface area contributed by atoms with Crippen LogP contribution in [0.1, 0.15) is 69.7 Å². The molecule has 4 rings (SSSR count). The van der Waals surface area contributed by atoms with Crippen LogP contribution in [-0.4, -0.2) is 27.1 Å².